The first-order valence-electron chi connectivity index (χ1n) is 7.32. The maximum atomic E-state index is 13.0. The molecule has 0 aliphatic rings. The van der Waals surface area contributed by atoms with Crippen LogP contribution in [0.4, 0.5) is 25.1 Å². The summed E-state index contributed by atoms with van der Waals surface area (Å²) in [7, 11) is 0. The van der Waals surface area contributed by atoms with Crippen molar-refractivity contribution in [3.8, 4) is 0 Å². The second-order valence-electron chi connectivity index (χ2n) is 5.14. The fourth-order valence-corrected chi connectivity index (χ4v) is 2.18. The fraction of sp³-hybridized carbons (Fsp3) is 0.333. The maximum absolute atomic E-state index is 13.0. The zero-order chi connectivity index (χ0) is 18.6. The molecule has 1 unspecified atom stereocenters. The number of benzene rings is 1. The fourth-order valence-electron chi connectivity index (χ4n) is 2.05. The standard InChI is InChI=1S/C15H15ClF3N5O/c1-3-11(9-4-6-10(16)7-5-9)21-14-23-12(15(17,18)19)22-13(24-14)20-8(2)25/h4-7,11H,3H2,1-2H3,(H2,20,21,22,23,24,25). The van der Waals surface area contributed by atoms with Crippen LogP contribution < -0.4 is 10.6 Å². The minimum Gasteiger partial charge on any atom is -0.347 e. The van der Waals surface area contributed by atoms with Crippen molar-refractivity contribution in [3.63, 3.8) is 0 Å². The van der Waals surface area contributed by atoms with Gasteiger partial charge in [-0.05, 0) is 24.1 Å². The average Bonchev–Trinajstić information content (AvgIpc) is 2.52. The molecule has 0 saturated carbocycles. The molecule has 2 rings (SSSR count). The van der Waals surface area contributed by atoms with Crippen LogP contribution in [0.1, 0.15) is 37.7 Å². The summed E-state index contributed by atoms with van der Waals surface area (Å²) in [5.41, 5.74) is 0.807. The van der Waals surface area contributed by atoms with Crippen molar-refractivity contribution in [3.05, 3.63) is 40.7 Å². The summed E-state index contributed by atoms with van der Waals surface area (Å²) in [5, 5.41) is 5.52. The van der Waals surface area contributed by atoms with E-state index in [1.165, 1.54) is 0 Å². The summed E-state index contributed by atoms with van der Waals surface area (Å²) >= 11 is 5.84. The van der Waals surface area contributed by atoms with Crippen LogP contribution in [0, 0.1) is 0 Å². The van der Waals surface area contributed by atoms with E-state index in [9.17, 15) is 18.0 Å². The highest BCUT2D eigenvalue weighted by Crippen LogP contribution is 2.28. The number of carbonyl (C=O) groups is 1. The molecule has 1 atom stereocenters. The van der Waals surface area contributed by atoms with Crippen molar-refractivity contribution < 1.29 is 18.0 Å². The van der Waals surface area contributed by atoms with Crippen molar-refractivity contribution in [2.75, 3.05) is 10.6 Å². The number of nitrogens with zero attached hydrogens (tertiary/aromatic N) is 3. The normalized spacial score (nSPS) is 12.6. The molecule has 0 fully saturated rings. The van der Waals surface area contributed by atoms with Crippen LogP contribution in [0.25, 0.3) is 0 Å². The first-order chi connectivity index (χ1) is 11.7. The Morgan fingerprint density at radius 3 is 2.28 bits per heavy atom. The largest absolute Gasteiger partial charge is 0.451 e. The quantitative estimate of drug-likeness (QED) is 0.826. The number of alkyl halides is 3. The topological polar surface area (TPSA) is 79.8 Å². The Morgan fingerprint density at radius 1 is 1.16 bits per heavy atom. The first-order valence-corrected chi connectivity index (χ1v) is 7.69. The molecule has 0 spiro atoms. The number of nitrogens with one attached hydrogen (secondary N) is 2. The van der Waals surface area contributed by atoms with Gasteiger partial charge in [0.15, 0.2) is 0 Å². The smallest absolute Gasteiger partial charge is 0.347 e. The van der Waals surface area contributed by atoms with Crippen LogP contribution in [0.15, 0.2) is 24.3 Å². The van der Waals surface area contributed by atoms with Gasteiger partial charge >= 0.3 is 6.18 Å². The molecular formula is C15H15ClF3N5O. The molecular weight excluding hydrogens is 359 g/mol. The van der Waals surface area contributed by atoms with Gasteiger partial charge in [0.2, 0.25) is 23.6 Å². The third-order valence-corrected chi connectivity index (χ3v) is 3.41. The Kier molecular flexibility index (Phi) is 5.78. The van der Waals surface area contributed by atoms with Crippen LogP contribution in [-0.2, 0) is 11.0 Å². The molecule has 0 radical (unpaired) electrons. The highest BCUT2D eigenvalue weighted by atomic mass is 35.5. The van der Waals surface area contributed by atoms with Crippen LogP contribution in [0.5, 0.6) is 0 Å². The number of anilines is 2. The van der Waals surface area contributed by atoms with Gasteiger partial charge < -0.3 is 5.32 Å². The monoisotopic (exact) mass is 373 g/mol. The molecule has 2 N–H and O–H groups in total. The lowest BCUT2D eigenvalue weighted by atomic mass is 10.1. The predicted molar refractivity (Wildman–Crippen MR) is 87.2 cm³/mol. The van der Waals surface area contributed by atoms with Crippen molar-refractivity contribution in [2.24, 2.45) is 0 Å². The van der Waals surface area contributed by atoms with Crippen molar-refractivity contribution in [2.45, 2.75) is 32.5 Å². The van der Waals surface area contributed by atoms with Gasteiger partial charge in [-0.15, -0.1) is 0 Å². The molecule has 134 valence electrons. The number of amides is 1. The Balaban J connectivity index is 2.35. The summed E-state index contributed by atoms with van der Waals surface area (Å²) < 4.78 is 38.9. The van der Waals surface area contributed by atoms with Crippen LogP contribution in [-0.4, -0.2) is 20.9 Å². The van der Waals surface area contributed by atoms with E-state index in [0.29, 0.717) is 11.4 Å². The Morgan fingerprint density at radius 2 is 1.76 bits per heavy atom. The third kappa shape index (κ3) is 5.28. The zero-order valence-electron chi connectivity index (χ0n) is 13.4. The van der Waals surface area contributed by atoms with Crippen LogP contribution in [0.2, 0.25) is 5.02 Å². The highest BCUT2D eigenvalue weighted by Gasteiger charge is 2.36. The minimum absolute atomic E-state index is 0.284. The van der Waals surface area contributed by atoms with E-state index in [2.05, 4.69) is 25.6 Å². The van der Waals surface area contributed by atoms with Gasteiger partial charge in [-0.1, -0.05) is 30.7 Å². The molecule has 1 aromatic carbocycles. The van der Waals surface area contributed by atoms with Gasteiger partial charge in [-0.2, -0.15) is 28.1 Å². The van der Waals surface area contributed by atoms with Gasteiger partial charge in [0.1, 0.15) is 0 Å². The molecule has 2 aromatic rings. The van der Waals surface area contributed by atoms with E-state index >= 15 is 0 Å². The second-order valence-corrected chi connectivity index (χ2v) is 5.58. The van der Waals surface area contributed by atoms with Gasteiger partial charge in [0.25, 0.3) is 0 Å². The molecule has 0 saturated heterocycles. The predicted octanol–water partition coefficient (Wildman–Crippen LogP) is 4.07. The summed E-state index contributed by atoms with van der Waals surface area (Å²) in [5.74, 6) is -2.73. The number of hydrogen-bond acceptors (Lipinski definition) is 5. The zero-order valence-corrected chi connectivity index (χ0v) is 14.1. The Bertz CT molecular complexity index is 752. The van der Waals surface area contributed by atoms with E-state index in [-0.39, 0.29) is 12.0 Å². The SMILES string of the molecule is CCC(Nc1nc(NC(C)=O)nc(C(F)(F)F)n1)c1ccc(Cl)cc1. The summed E-state index contributed by atoms with van der Waals surface area (Å²) in [6.45, 7) is 3.00. The lowest BCUT2D eigenvalue weighted by molar-refractivity contribution is -0.145. The molecule has 0 aliphatic heterocycles. The third-order valence-electron chi connectivity index (χ3n) is 3.16. The summed E-state index contributed by atoms with van der Waals surface area (Å²) in [4.78, 5) is 21.6. The first kappa shape index (κ1) is 18.9. The lowest BCUT2D eigenvalue weighted by Crippen LogP contribution is -2.20. The average molecular weight is 374 g/mol. The number of hydrogen-bond donors (Lipinski definition) is 2. The number of aromatic nitrogens is 3. The molecule has 1 amide bonds. The van der Waals surface area contributed by atoms with E-state index in [1.807, 2.05) is 6.92 Å². The summed E-state index contributed by atoms with van der Waals surface area (Å²) in [6.07, 6.45) is -4.21. The molecule has 1 heterocycles. The van der Waals surface area contributed by atoms with E-state index < -0.39 is 23.9 Å². The van der Waals surface area contributed by atoms with Crippen molar-refractivity contribution in [1.82, 2.24) is 15.0 Å². The number of carbonyl (C=O) groups excluding carboxylic acids is 1. The molecule has 0 bridgehead atoms. The Labute approximate surface area is 146 Å². The van der Waals surface area contributed by atoms with Gasteiger partial charge in [0.05, 0.1) is 6.04 Å². The van der Waals surface area contributed by atoms with Gasteiger partial charge in [-0.3, -0.25) is 10.1 Å². The van der Waals surface area contributed by atoms with Gasteiger partial charge in [-0.25, -0.2) is 0 Å². The van der Waals surface area contributed by atoms with Crippen molar-refractivity contribution >= 4 is 29.4 Å². The van der Waals surface area contributed by atoms with E-state index in [0.717, 1.165) is 12.5 Å². The molecule has 25 heavy (non-hydrogen) atoms. The lowest BCUT2D eigenvalue weighted by Gasteiger charge is -2.18. The number of rotatable bonds is 5. The van der Waals surface area contributed by atoms with Crippen LogP contribution >= 0.6 is 11.6 Å². The molecule has 0 aliphatic carbocycles. The summed E-state index contributed by atoms with van der Waals surface area (Å²) in [6, 6.07) is 6.52. The van der Waals surface area contributed by atoms with Crippen molar-refractivity contribution in [1.29, 1.82) is 0 Å². The minimum atomic E-state index is -4.77. The second kappa shape index (κ2) is 7.64. The highest BCUT2D eigenvalue weighted by molar-refractivity contribution is 6.30. The van der Waals surface area contributed by atoms with E-state index in [4.69, 9.17) is 11.6 Å². The van der Waals surface area contributed by atoms with Gasteiger partial charge in [0, 0.05) is 11.9 Å². The maximum Gasteiger partial charge on any atom is 0.451 e. The number of halogens is 4. The van der Waals surface area contributed by atoms with E-state index in [1.54, 1.807) is 24.3 Å². The molecule has 10 heteroatoms. The Hall–Kier alpha value is -2.42. The molecule has 1 aromatic heterocycles. The van der Waals surface area contributed by atoms with Crippen LogP contribution in [0.3, 0.4) is 0 Å². The molecule has 6 nitrogen and oxygen atoms in total.